The molecule has 1 atom stereocenters. The summed E-state index contributed by atoms with van der Waals surface area (Å²) in [4.78, 5) is 12.8. The van der Waals surface area contributed by atoms with Gasteiger partial charge in [-0.3, -0.25) is 0 Å². The highest BCUT2D eigenvalue weighted by molar-refractivity contribution is 6.51. The molecule has 0 fully saturated rings. The molecule has 0 radical (unpaired) electrons. The van der Waals surface area contributed by atoms with Gasteiger partial charge in [0.05, 0.1) is 28.8 Å². The summed E-state index contributed by atoms with van der Waals surface area (Å²) in [6, 6.07) is 35.8. The molecular weight excluding hydrogens is 516 g/mol. The van der Waals surface area contributed by atoms with Crippen molar-refractivity contribution in [3.63, 3.8) is 0 Å². The quantitative estimate of drug-likeness (QED) is 0.245. The number of benzene rings is 4. The Bertz CT molecular complexity index is 1840. The lowest BCUT2D eigenvalue weighted by molar-refractivity contribution is 0.589. The number of hydrogen-bond donors (Lipinski definition) is 1. The number of hydrogen-bond acceptors (Lipinski definition) is 5. The van der Waals surface area contributed by atoms with E-state index in [1.807, 2.05) is 28.9 Å². The summed E-state index contributed by atoms with van der Waals surface area (Å²) < 4.78 is 1.97. The molecule has 0 saturated heterocycles. The van der Waals surface area contributed by atoms with Gasteiger partial charge in [0.25, 0.3) is 0 Å². The van der Waals surface area contributed by atoms with Crippen molar-refractivity contribution in [2.75, 3.05) is 10.2 Å². The average Bonchev–Trinajstić information content (AvgIpc) is 3.33. The fourth-order valence-corrected chi connectivity index (χ4v) is 5.80. The van der Waals surface area contributed by atoms with Crippen LogP contribution in [-0.2, 0) is 5.41 Å². The maximum atomic E-state index is 5.34. The Morgan fingerprint density at radius 2 is 1.43 bits per heavy atom. The first kappa shape index (κ1) is 26.0. The fraction of sp³-hybridized carbons (Fsp3) is 0.194. The zero-order chi connectivity index (χ0) is 29.0. The maximum Gasteiger partial charge on any atom is 0.179 e. The number of aliphatic imine (C=N–C) groups is 2. The van der Waals surface area contributed by atoms with Crippen LogP contribution in [0.5, 0.6) is 0 Å². The van der Waals surface area contributed by atoms with Crippen molar-refractivity contribution in [1.82, 2.24) is 9.78 Å². The summed E-state index contributed by atoms with van der Waals surface area (Å²) >= 11 is 0. The third-order valence-electron chi connectivity index (χ3n) is 8.05. The van der Waals surface area contributed by atoms with Gasteiger partial charge in [-0.05, 0) is 66.8 Å². The van der Waals surface area contributed by atoms with E-state index in [0.717, 1.165) is 45.7 Å². The predicted molar refractivity (Wildman–Crippen MR) is 173 cm³/mol. The summed E-state index contributed by atoms with van der Waals surface area (Å²) in [5, 5.41) is 8.64. The van der Waals surface area contributed by atoms with Gasteiger partial charge in [-0.2, -0.15) is 5.10 Å². The molecule has 0 spiro atoms. The summed E-state index contributed by atoms with van der Waals surface area (Å²) in [7, 11) is 0. The molecule has 0 bridgehead atoms. The van der Waals surface area contributed by atoms with Crippen molar-refractivity contribution in [1.29, 1.82) is 0 Å². The Kier molecular flexibility index (Phi) is 6.08. The van der Waals surface area contributed by atoms with Gasteiger partial charge in [-0.15, -0.1) is 0 Å². The van der Waals surface area contributed by atoms with E-state index in [1.54, 1.807) is 0 Å². The number of para-hydroxylation sites is 3. The molecule has 0 amide bonds. The van der Waals surface area contributed by atoms with Gasteiger partial charge in [-0.1, -0.05) is 93.1 Å². The Hall–Kier alpha value is -4.97. The molecule has 0 saturated carbocycles. The summed E-state index contributed by atoms with van der Waals surface area (Å²) in [5.74, 6) is 2.30. The number of aromatic nitrogens is 2. The van der Waals surface area contributed by atoms with Crippen LogP contribution >= 0.6 is 0 Å². The number of amidine groups is 2. The zero-order valence-corrected chi connectivity index (χ0v) is 24.6. The lowest BCUT2D eigenvalue weighted by atomic mass is 9.85. The van der Waals surface area contributed by atoms with Gasteiger partial charge in [0.15, 0.2) is 17.5 Å². The summed E-state index contributed by atoms with van der Waals surface area (Å²) in [6.45, 7) is 10.9. The standard InChI is InChI=1S/C36H34N6/c1-23-15-21-27(22-16-23)37-33-35-39-34-31(24(2)40-42(34)28-11-7-6-8-12-28)32(25-17-19-26(20-18-25)36(3,4)5)41(35)30-14-10-9-13-29(30)38-33/h6-22,32H,1-5H3,(H,37,38)/t32-/m0/s1. The van der Waals surface area contributed by atoms with Crippen molar-refractivity contribution >= 4 is 34.6 Å². The van der Waals surface area contributed by atoms with Crippen molar-refractivity contribution in [3.8, 4) is 5.69 Å². The van der Waals surface area contributed by atoms with Crippen LogP contribution in [0.1, 0.15) is 54.8 Å². The molecule has 2 aliphatic rings. The lowest BCUT2D eigenvalue weighted by Gasteiger charge is -2.40. The second-order valence-electron chi connectivity index (χ2n) is 12.1. The van der Waals surface area contributed by atoms with Crippen LogP contribution in [0.3, 0.4) is 0 Å². The normalized spacial score (nSPS) is 15.7. The van der Waals surface area contributed by atoms with Gasteiger partial charge in [0.2, 0.25) is 0 Å². The topological polar surface area (TPSA) is 57.8 Å². The van der Waals surface area contributed by atoms with Gasteiger partial charge < -0.3 is 10.2 Å². The van der Waals surface area contributed by atoms with Crippen LogP contribution < -0.4 is 10.2 Å². The van der Waals surface area contributed by atoms with Crippen LogP contribution in [0.25, 0.3) is 5.69 Å². The molecule has 1 aromatic heterocycles. The second-order valence-corrected chi connectivity index (χ2v) is 12.1. The predicted octanol–water partition coefficient (Wildman–Crippen LogP) is 8.58. The Morgan fingerprint density at radius 3 is 2.14 bits per heavy atom. The first-order valence-electron chi connectivity index (χ1n) is 14.4. The van der Waals surface area contributed by atoms with Crippen molar-refractivity contribution in [2.24, 2.45) is 9.98 Å². The number of aryl methyl sites for hydroxylation is 2. The minimum Gasteiger partial charge on any atom is -0.337 e. The monoisotopic (exact) mass is 550 g/mol. The highest BCUT2D eigenvalue weighted by atomic mass is 15.4. The van der Waals surface area contributed by atoms with Crippen LogP contribution in [0, 0.1) is 13.8 Å². The van der Waals surface area contributed by atoms with Gasteiger partial charge in [0.1, 0.15) is 0 Å². The molecule has 6 heteroatoms. The molecule has 42 heavy (non-hydrogen) atoms. The Morgan fingerprint density at radius 1 is 0.738 bits per heavy atom. The Balaban J connectivity index is 1.47. The maximum absolute atomic E-state index is 5.34. The minimum atomic E-state index is -0.148. The fourth-order valence-electron chi connectivity index (χ4n) is 5.80. The molecule has 4 aromatic carbocycles. The number of nitrogens with zero attached hydrogens (tertiary/aromatic N) is 5. The van der Waals surface area contributed by atoms with Crippen LogP contribution in [0.4, 0.5) is 22.9 Å². The van der Waals surface area contributed by atoms with E-state index >= 15 is 0 Å². The SMILES string of the molecule is Cc1ccc(NC2=Nc3ccccc3N3C2=Nc2c(c(C)nn2-c2ccccc2)[C@@H]3c2ccc(C(C)(C)C)cc2)cc1. The second kappa shape index (κ2) is 9.84. The summed E-state index contributed by atoms with van der Waals surface area (Å²) in [5.41, 5.74) is 9.66. The van der Waals surface area contributed by atoms with E-state index in [4.69, 9.17) is 15.1 Å². The van der Waals surface area contributed by atoms with Crippen molar-refractivity contribution in [2.45, 2.75) is 46.1 Å². The molecule has 0 unspecified atom stereocenters. The Labute approximate surface area is 247 Å². The molecule has 2 aliphatic heterocycles. The first-order chi connectivity index (χ1) is 20.3. The van der Waals surface area contributed by atoms with E-state index in [9.17, 15) is 0 Å². The highest BCUT2D eigenvalue weighted by Gasteiger charge is 2.41. The van der Waals surface area contributed by atoms with Gasteiger partial charge in [0, 0.05) is 11.3 Å². The van der Waals surface area contributed by atoms with Crippen LogP contribution in [-0.4, -0.2) is 21.5 Å². The van der Waals surface area contributed by atoms with Gasteiger partial charge in [-0.25, -0.2) is 14.7 Å². The average molecular weight is 551 g/mol. The van der Waals surface area contributed by atoms with E-state index in [2.05, 4.69) is 124 Å². The third kappa shape index (κ3) is 4.40. The molecule has 6 nitrogen and oxygen atoms in total. The largest absolute Gasteiger partial charge is 0.337 e. The summed E-state index contributed by atoms with van der Waals surface area (Å²) in [6.07, 6.45) is 0. The minimum absolute atomic E-state index is 0.0620. The zero-order valence-electron chi connectivity index (χ0n) is 24.6. The molecular formula is C36H34N6. The van der Waals surface area contributed by atoms with E-state index in [0.29, 0.717) is 5.84 Å². The molecule has 3 heterocycles. The number of rotatable bonds is 3. The molecule has 208 valence electrons. The lowest BCUT2D eigenvalue weighted by Crippen LogP contribution is -2.46. The number of anilines is 2. The highest BCUT2D eigenvalue weighted by Crippen LogP contribution is 2.48. The van der Waals surface area contributed by atoms with E-state index in [1.165, 1.54) is 16.7 Å². The smallest absolute Gasteiger partial charge is 0.179 e. The number of fused-ring (bicyclic) bond motifs is 4. The molecule has 7 rings (SSSR count). The first-order valence-corrected chi connectivity index (χ1v) is 14.4. The van der Waals surface area contributed by atoms with Crippen molar-refractivity contribution in [3.05, 3.63) is 131 Å². The number of nitrogens with one attached hydrogen (secondary N) is 1. The van der Waals surface area contributed by atoms with Crippen LogP contribution in [0.2, 0.25) is 0 Å². The molecule has 5 aromatic rings. The third-order valence-corrected chi connectivity index (χ3v) is 8.05. The van der Waals surface area contributed by atoms with Crippen LogP contribution in [0.15, 0.2) is 113 Å². The molecule has 0 aliphatic carbocycles. The van der Waals surface area contributed by atoms with E-state index < -0.39 is 0 Å². The van der Waals surface area contributed by atoms with Crippen molar-refractivity contribution < 1.29 is 0 Å². The van der Waals surface area contributed by atoms with E-state index in [-0.39, 0.29) is 11.5 Å². The molecule has 1 N–H and O–H groups in total. The van der Waals surface area contributed by atoms with Gasteiger partial charge >= 0.3 is 0 Å².